The summed E-state index contributed by atoms with van der Waals surface area (Å²) in [5, 5.41) is 3.80. The predicted octanol–water partition coefficient (Wildman–Crippen LogP) is 2.10. The Kier molecular flexibility index (Phi) is 5.70. The molecule has 0 spiro atoms. The molecule has 10 nitrogen and oxygen atoms in total. The largest absolute Gasteiger partial charge is 0.451 e. The highest BCUT2D eigenvalue weighted by Gasteiger charge is 2.52. The minimum Gasteiger partial charge on any atom is -0.451 e. The van der Waals surface area contributed by atoms with Gasteiger partial charge in [-0.3, -0.25) is 19.1 Å². The molecule has 2 fully saturated rings. The van der Waals surface area contributed by atoms with Gasteiger partial charge in [0, 0.05) is 29.3 Å². The highest BCUT2D eigenvalue weighted by molar-refractivity contribution is 5.99. The molecule has 2 saturated heterocycles. The van der Waals surface area contributed by atoms with E-state index in [1.807, 2.05) is 32.0 Å². The number of nitrogens with zero attached hydrogens (tertiary/aromatic N) is 1. The summed E-state index contributed by atoms with van der Waals surface area (Å²) < 4.78 is 25.6. The number of H-pyrrole nitrogens is 1. The molecule has 4 atom stereocenters. The fourth-order valence-electron chi connectivity index (χ4n) is 4.88. The van der Waals surface area contributed by atoms with Gasteiger partial charge in [-0.2, -0.15) is 0 Å². The summed E-state index contributed by atoms with van der Waals surface area (Å²) >= 11 is 0. The quantitative estimate of drug-likeness (QED) is 0.582. The SMILES string of the molecule is Cc1ccc2c(C)c(C(=O)NC[C@H]3OC[C@@H](n4cc(C)c(=O)[nH]c4=O)[C@@H]4OC(C)(C)O[C@@H]43)oc2c1. The van der Waals surface area contributed by atoms with E-state index in [-0.39, 0.29) is 24.8 Å². The number of carbonyl (C=O) groups excluding carboxylic acids is 1. The van der Waals surface area contributed by atoms with Crippen molar-refractivity contribution in [2.24, 2.45) is 0 Å². The topological polar surface area (TPSA) is 125 Å². The Labute approximate surface area is 201 Å². The van der Waals surface area contributed by atoms with Gasteiger partial charge in [0.2, 0.25) is 0 Å². The van der Waals surface area contributed by atoms with Gasteiger partial charge in [-0.05, 0) is 46.2 Å². The molecule has 5 rings (SSSR count). The van der Waals surface area contributed by atoms with Gasteiger partial charge in [-0.15, -0.1) is 0 Å². The average molecular weight is 484 g/mol. The lowest BCUT2D eigenvalue weighted by Gasteiger charge is -2.37. The Balaban J connectivity index is 1.35. The first-order valence-corrected chi connectivity index (χ1v) is 11.6. The zero-order valence-corrected chi connectivity index (χ0v) is 20.3. The third-order valence-corrected chi connectivity index (χ3v) is 6.66. The number of hydrogen-bond donors (Lipinski definition) is 2. The van der Waals surface area contributed by atoms with Crippen molar-refractivity contribution in [3.05, 3.63) is 67.7 Å². The summed E-state index contributed by atoms with van der Waals surface area (Å²) in [6.45, 7) is 9.35. The number of furan rings is 1. The Bertz CT molecular complexity index is 1420. The summed E-state index contributed by atoms with van der Waals surface area (Å²) in [6.07, 6.45) is -0.0506. The van der Waals surface area contributed by atoms with Crippen LogP contribution >= 0.6 is 0 Å². The number of hydrogen-bond acceptors (Lipinski definition) is 7. The van der Waals surface area contributed by atoms with Crippen LogP contribution in [0.5, 0.6) is 0 Å². The maximum atomic E-state index is 13.0. The minimum atomic E-state index is -0.905. The molecule has 35 heavy (non-hydrogen) atoms. The van der Waals surface area contributed by atoms with E-state index in [1.165, 1.54) is 10.8 Å². The van der Waals surface area contributed by atoms with Crippen LogP contribution in [0.1, 0.15) is 47.1 Å². The molecule has 0 aliphatic carbocycles. The number of ether oxygens (including phenoxy) is 3. The van der Waals surface area contributed by atoms with Crippen LogP contribution in [0.4, 0.5) is 0 Å². The van der Waals surface area contributed by atoms with E-state index < -0.39 is 41.4 Å². The lowest BCUT2D eigenvalue weighted by molar-refractivity contribution is -0.153. The summed E-state index contributed by atoms with van der Waals surface area (Å²) in [4.78, 5) is 39.6. The molecule has 2 N–H and O–H groups in total. The summed E-state index contributed by atoms with van der Waals surface area (Å²) in [6, 6.07) is 5.33. The second kappa shape index (κ2) is 8.47. The van der Waals surface area contributed by atoms with Crippen LogP contribution in [0.15, 0.2) is 38.4 Å². The number of aromatic nitrogens is 2. The number of fused-ring (bicyclic) bond motifs is 2. The molecule has 3 aromatic rings. The minimum absolute atomic E-state index is 0.148. The number of nitrogens with one attached hydrogen (secondary N) is 2. The molecule has 4 heterocycles. The van der Waals surface area contributed by atoms with Crippen LogP contribution in [0.3, 0.4) is 0 Å². The Morgan fingerprint density at radius 3 is 2.69 bits per heavy atom. The van der Waals surface area contributed by atoms with E-state index in [0.29, 0.717) is 11.1 Å². The first-order chi connectivity index (χ1) is 16.5. The Morgan fingerprint density at radius 1 is 1.17 bits per heavy atom. The third-order valence-electron chi connectivity index (χ3n) is 6.66. The zero-order valence-electron chi connectivity index (χ0n) is 20.3. The molecule has 0 radical (unpaired) electrons. The number of aromatic amines is 1. The molecule has 2 aliphatic heterocycles. The first-order valence-electron chi connectivity index (χ1n) is 11.6. The fraction of sp³-hybridized carbons (Fsp3) is 0.480. The number of rotatable bonds is 4. The molecule has 0 unspecified atom stereocenters. The second-order valence-electron chi connectivity index (χ2n) is 9.75. The third kappa shape index (κ3) is 4.22. The Morgan fingerprint density at radius 2 is 1.91 bits per heavy atom. The fourth-order valence-corrected chi connectivity index (χ4v) is 4.88. The van der Waals surface area contributed by atoms with Gasteiger partial charge >= 0.3 is 5.69 Å². The van der Waals surface area contributed by atoms with Crippen molar-refractivity contribution >= 4 is 16.9 Å². The van der Waals surface area contributed by atoms with E-state index >= 15 is 0 Å². The van der Waals surface area contributed by atoms with Gasteiger partial charge < -0.3 is 23.9 Å². The number of aryl methyl sites for hydroxylation is 3. The summed E-state index contributed by atoms with van der Waals surface area (Å²) in [7, 11) is 0. The lowest BCUT2D eigenvalue weighted by atomic mass is 9.97. The zero-order chi connectivity index (χ0) is 25.1. The van der Waals surface area contributed by atoms with E-state index in [4.69, 9.17) is 18.6 Å². The van der Waals surface area contributed by atoms with Crippen molar-refractivity contribution in [1.82, 2.24) is 14.9 Å². The molecule has 2 aliphatic rings. The highest BCUT2D eigenvalue weighted by Crippen LogP contribution is 2.39. The maximum Gasteiger partial charge on any atom is 0.328 e. The molecule has 0 bridgehead atoms. The molecule has 0 saturated carbocycles. The standard InChI is InChI=1S/C25H29N3O7/c1-12-6-7-15-14(3)19(33-17(15)8-12)23(30)26-9-18-21-20(34-25(4,5)35-21)16(11-32-18)28-10-13(2)22(29)27-24(28)31/h6-8,10,16,18,20-21H,9,11H2,1-5H3,(H,26,30)(H,27,29,31)/t16-,18-,20+,21-/m1/s1. The van der Waals surface area contributed by atoms with Crippen molar-refractivity contribution in [1.29, 1.82) is 0 Å². The van der Waals surface area contributed by atoms with Gasteiger partial charge in [0.1, 0.15) is 23.9 Å². The molecule has 2 aromatic heterocycles. The van der Waals surface area contributed by atoms with Crippen molar-refractivity contribution in [2.75, 3.05) is 13.2 Å². The summed E-state index contributed by atoms with van der Waals surface area (Å²) in [5.74, 6) is -0.989. The highest BCUT2D eigenvalue weighted by atomic mass is 16.8. The molecule has 186 valence electrons. The molecular weight excluding hydrogens is 454 g/mol. The first kappa shape index (κ1) is 23.5. The van der Waals surface area contributed by atoms with Crippen molar-refractivity contribution < 1.29 is 23.4 Å². The lowest BCUT2D eigenvalue weighted by Crippen LogP contribution is -2.54. The molecular formula is C25H29N3O7. The molecule has 1 amide bonds. The smallest absolute Gasteiger partial charge is 0.328 e. The average Bonchev–Trinajstić information content (AvgIpc) is 3.29. The normalized spacial score (nSPS) is 25.5. The number of carbonyl (C=O) groups is 1. The van der Waals surface area contributed by atoms with Crippen LogP contribution in [-0.4, -0.2) is 52.7 Å². The summed E-state index contributed by atoms with van der Waals surface area (Å²) in [5.41, 5.74) is 1.93. The molecule has 1 aromatic carbocycles. The van der Waals surface area contributed by atoms with Crippen molar-refractivity contribution in [3.8, 4) is 0 Å². The monoisotopic (exact) mass is 483 g/mol. The van der Waals surface area contributed by atoms with E-state index in [2.05, 4.69) is 10.3 Å². The van der Waals surface area contributed by atoms with Gasteiger partial charge in [0.25, 0.3) is 11.5 Å². The number of amides is 1. The van der Waals surface area contributed by atoms with E-state index in [0.717, 1.165) is 16.5 Å². The van der Waals surface area contributed by atoms with Gasteiger partial charge in [-0.25, -0.2) is 4.79 Å². The van der Waals surface area contributed by atoms with Gasteiger partial charge in [0.15, 0.2) is 11.5 Å². The van der Waals surface area contributed by atoms with Crippen LogP contribution in [0, 0.1) is 20.8 Å². The van der Waals surface area contributed by atoms with Crippen molar-refractivity contribution in [3.63, 3.8) is 0 Å². The number of benzene rings is 1. The van der Waals surface area contributed by atoms with Crippen LogP contribution < -0.4 is 16.6 Å². The molecule has 10 heteroatoms. The van der Waals surface area contributed by atoms with Gasteiger partial charge in [-0.1, -0.05) is 12.1 Å². The van der Waals surface area contributed by atoms with Crippen LogP contribution in [-0.2, 0) is 14.2 Å². The van der Waals surface area contributed by atoms with E-state index in [9.17, 15) is 14.4 Å². The van der Waals surface area contributed by atoms with Gasteiger partial charge in [0.05, 0.1) is 12.6 Å². The Hall–Kier alpha value is -3.21. The van der Waals surface area contributed by atoms with Crippen LogP contribution in [0.25, 0.3) is 11.0 Å². The maximum absolute atomic E-state index is 13.0. The van der Waals surface area contributed by atoms with Crippen LogP contribution in [0.2, 0.25) is 0 Å². The predicted molar refractivity (Wildman–Crippen MR) is 127 cm³/mol. The van der Waals surface area contributed by atoms with E-state index in [1.54, 1.807) is 20.8 Å². The second-order valence-corrected chi connectivity index (χ2v) is 9.75. The van der Waals surface area contributed by atoms with Crippen molar-refractivity contribution in [2.45, 2.75) is 64.8 Å².